The molecule has 3 rings (SSSR count). The number of hydrogen-bond donors (Lipinski definition) is 0. The lowest BCUT2D eigenvalue weighted by Gasteiger charge is -2.31. The van der Waals surface area contributed by atoms with Gasteiger partial charge in [0.1, 0.15) is 5.75 Å². The number of ether oxygens (including phenoxy) is 2. The van der Waals surface area contributed by atoms with Gasteiger partial charge in [0.05, 0.1) is 18.7 Å². The minimum Gasteiger partial charge on any atom is -0.478 e. The summed E-state index contributed by atoms with van der Waals surface area (Å²) < 4.78 is 11.1. The molecule has 0 atom stereocenters. The molecular formula is C27H43NO3. The molecule has 2 aliphatic rings. The van der Waals surface area contributed by atoms with Crippen molar-refractivity contribution in [3.63, 3.8) is 0 Å². The van der Waals surface area contributed by atoms with Gasteiger partial charge in [-0.25, -0.2) is 4.98 Å². The van der Waals surface area contributed by atoms with E-state index in [1.54, 1.807) is 18.3 Å². The molecule has 4 nitrogen and oxygen atoms in total. The van der Waals surface area contributed by atoms with Crippen molar-refractivity contribution in [3.05, 3.63) is 18.3 Å². The van der Waals surface area contributed by atoms with Crippen LogP contribution in [0.25, 0.3) is 0 Å². The third-order valence-corrected chi connectivity index (χ3v) is 7.48. The van der Waals surface area contributed by atoms with E-state index in [9.17, 15) is 4.79 Å². The van der Waals surface area contributed by atoms with Gasteiger partial charge in [0.2, 0.25) is 5.88 Å². The maximum atomic E-state index is 12.6. The standard InChI is InChI=1S/C27H43NO3/c1-3-5-6-21-7-9-22(10-8-21)11-12-23-13-15-24(16-14-23)27(29)31-25-17-18-26(28-20-25)30-19-4-2/h17-18,20-24H,3-16,19H2,1-2H3. The van der Waals surface area contributed by atoms with Gasteiger partial charge in [-0.3, -0.25) is 4.79 Å². The lowest BCUT2D eigenvalue weighted by Crippen LogP contribution is -2.26. The highest BCUT2D eigenvalue weighted by Crippen LogP contribution is 2.38. The Morgan fingerprint density at radius 1 is 0.871 bits per heavy atom. The Balaban J connectivity index is 1.31. The first-order chi connectivity index (χ1) is 15.2. The van der Waals surface area contributed by atoms with Gasteiger partial charge in [0.15, 0.2) is 0 Å². The number of nitrogens with zero attached hydrogens (tertiary/aromatic N) is 1. The number of unbranched alkanes of at least 4 members (excludes halogenated alkanes) is 1. The lowest BCUT2D eigenvalue weighted by molar-refractivity contribution is -0.140. The Morgan fingerprint density at radius 3 is 2.03 bits per heavy atom. The fraction of sp³-hybridized carbons (Fsp3) is 0.778. The Bertz CT molecular complexity index is 628. The zero-order valence-electron chi connectivity index (χ0n) is 19.8. The van der Waals surface area contributed by atoms with E-state index in [1.807, 2.05) is 0 Å². The van der Waals surface area contributed by atoms with Crippen LogP contribution in [0.1, 0.15) is 104 Å². The maximum Gasteiger partial charge on any atom is 0.314 e. The van der Waals surface area contributed by atoms with Gasteiger partial charge >= 0.3 is 5.97 Å². The number of carbonyl (C=O) groups excluding carboxylic acids is 1. The van der Waals surface area contributed by atoms with Crippen molar-refractivity contribution in [1.29, 1.82) is 0 Å². The molecule has 0 amide bonds. The molecule has 4 heteroatoms. The highest BCUT2D eigenvalue weighted by atomic mass is 16.5. The zero-order valence-corrected chi connectivity index (χ0v) is 19.8. The third kappa shape index (κ3) is 8.12. The van der Waals surface area contributed by atoms with Crippen molar-refractivity contribution < 1.29 is 14.3 Å². The highest BCUT2D eigenvalue weighted by Gasteiger charge is 2.29. The van der Waals surface area contributed by atoms with E-state index >= 15 is 0 Å². The summed E-state index contributed by atoms with van der Waals surface area (Å²) in [7, 11) is 0. The third-order valence-electron chi connectivity index (χ3n) is 7.48. The fourth-order valence-electron chi connectivity index (χ4n) is 5.38. The lowest BCUT2D eigenvalue weighted by atomic mass is 9.75. The molecule has 0 radical (unpaired) electrons. The number of pyridine rings is 1. The molecule has 31 heavy (non-hydrogen) atoms. The Labute approximate surface area is 189 Å². The first-order valence-corrected chi connectivity index (χ1v) is 13.0. The van der Waals surface area contributed by atoms with Crippen LogP contribution in [0, 0.1) is 23.7 Å². The van der Waals surface area contributed by atoms with Crippen LogP contribution in [0.2, 0.25) is 0 Å². The minimum absolute atomic E-state index is 0.0428. The van der Waals surface area contributed by atoms with Crippen molar-refractivity contribution in [2.45, 2.75) is 104 Å². The second kappa shape index (κ2) is 13.1. The first kappa shape index (κ1) is 24.1. The molecule has 0 N–H and O–H groups in total. The van der Waals surface area contributed by atoms with Crippen LogP contribution in [0.3, 0.4) is 0 Å². The predicted molar refractivity (Wildman–Crippen MR) is 125 cm³/mol. The summed E-state index contributed by atoms with van der Waals surface area (Å²) in [4.78, 5) is 16.8. The van der Waals surface area contributed by atoms with E-state index in [-0.39, 0.29) is 11.9 Å². The Kier molecular flexibility index (Phi) is 10.2. The van der Waals surface area contributed by atoms with Gasteiger partial charge in [0.25, 0.3) is 0 Å². The summed E-state index contributed by atoms with van der Waals surface area (Å²) >= 11 is 0. The number of carbonyl (C=O) groups is 1. The van der Waals surface area contributed by atoms with Crippen LogP contribution >= 0.6 is 0 Å². The molecule has 174 valence electrons. The maximum absolute atomic E-state index is 12.6. The molecule has 0 aliphatic heterocycles. The van der Waals surface area contributed by atoms with Crippen molar-refractivity contribution in [3.8, 4) is 11.6 Å². The summed E-state index contributed by atoms with van der Waals surface area (Å²) in [6, 6.07) is 3.55. The van der Waals surface area contributed by atoms with Crippen molar-refractivity contribution in [2.24, 2.45) is 23.7 Å². The number of esters is 1. The monoisotopic (exact) mass is 429 g/mol. The van der Waals surface area contributed by atoms with E-state index in [2.05, 4.69) is 18.8 Å². The fourth-order valence-corrected chi connectivity index (χ4v) is 5.38. The van der Waals surface area contributed by atoms with Gasteiger partial charge in [-0.05, 0) is 55.9 Å². The summed E-state index contributed by atoms with van der Waals surface area (Å²) in [6.07, 6.45) is 19.6. The molecule has 0 unspecified atom stereocenters. The van der Waals surface area contributed by atoms with Crippen LogP contribution in [-0.2, 0) is 4.79 Å². The van der Waals surface area contributed by atoms with Crippen LogP contribution in [0.4, 0.5) is 0 Å². The largest absolute Gasteiger partial charge is 0.478 e. The highest BCUT2D eigenvalue weighted by molar-refractivity contribution is 5.75. The molecule has 1 aromatic rings. The normalized spacial score (nSPS) is 26.4. The summed E-state index contributed by atoms with van der Waals surface area (Å²) in [6.45, 7) is 5.01. The smallest absolute Gasteiger partial charge is 0.314 e. The molecule has 1 aromatic heterocycles. The van der Waals surface area contributed by atoms with E-state index in [4.69, 9.17) is 9.47 Å². The molecule has 2 aliphatic carbocycles. The van der Waals surface area contributed by atoms with Crippen LogP contribution in [-0.4, -0.2) is 17.6 Å². The van der Waals surface area contributed by atoms with E-state index in [0.717, 1.165) is 37.0 Å². The molecular weight excluding hydrogens is 386 g/mol. The number of hydrogen-bond acceptors (Lipinski definition) is 4. The van der Waals surface area contributed by atoms with Crippen LogP contribution in [0.5, 0.6) is 11.6 Å². The molecule has 0 aromatic carbocycles. The minimum atomic E-state index is -0.0899. The van der Waals surface area contributed by atoms with Crippen molar-refractivity contribution in [2.75, 3.05) is 6.61 Å². The second-order valence-corrected chi connectivity index (χ2v) is 9.93. The molecule has 0 bridgehead atoms. The molecule has 0 spiro atoms. The van der Waals surface area contributed by atoms with Crippen LogP contribution in [0.15, 0.2) is 18.3 Å². The Hall–Kier alpha value is -1.58. The van der Waals surface area contributed by atoms with Crippen LogP contribution < -0.4 is 9.47 Å². The van der Waals surface area contributed by atoms with Crippen molar-refractivity contribution >= 4 is 5.97 Å². The quantitative estimate of drug-likeness (QED) is 0.345. The topological polar surface area (TPSA) is 48.4 Å². The molecule has 1 heterocycles. The molecule has 2 fully saturated rings. The zero-order chi connectivity index (χ0) is 21.9. The van der Waals surface area contributed by atoms with Gasteiger partial charge in [0, 0.05) is 6.07 Å². The van der Waals surface area contributed by atoms with E-state index < -0.39 is 0 Å². The SMILES string of the molecule is CCCCC1CCC(CCC2CCC(C(=O)Oc3ccc(OCCC)nc3)CC2)CC1. The average Bonchev–Trinajstić information content (AvgIpc) is 2.82. The second-order valence-electron chi connectivity index (χ2n) is 9.93. The first-order valence-electron chi connectivity index (χ1n) is 13.0. The summed E-state index contributed by atoms with van der Waals surface area (Å²) in [5.74, 6) is 3.82. The van der Waals surface area contributed by atoms with Gasteiger partial charge in [-0.2, -0.15) is 0 Å². The van der Waals surface area contributed by atoms with Crippen molar-refractivity contribution in [1.82, 2.24) is 4.98 Å². The average molecular weight is 430 g/mol. The van der Waals surface area contributed by atoms with Gasteiger partial charge in [-0.1, -0.05) is 71.6 Å². The summed E-state index contributed by atoms with van der Waals surface area (Å²) in [5, 5.41) is 0. The number of rotatable bonds is 11. The van der Waals surface area contributed by atoms with Gasteiger partial charge < -0.3 is 9.47 Å². The van der Waals surface area contributed by atoms with E-state index in [1.165, 1.54) is 70.6 Å². The molecule has 2 saturated carbocycles. The summed E-state index contributed by atoms with van der Waals surface area (Å²) in [5.41, 5.74) is 0. The predicted octanol–water partition coefficient (Wildman–Crippen LogP) is 7.36. The number of aromatic nitrogens is 1. The molecule has 0 saturated heterocycles. The van der Waals surface area contributed by atoms with E-state index in [0.29, 0.717) is 18.2 Å². The Morgan fingerprint density at radius 2 is 1.48 bits per heavy atom. The van der Waals surface area contributed by atoms with Gasteiger partial charge in [-0.15, -0.1) is 0 Å².